The standard InChI is InChI=1S/C19H28N2O2/c22-18(16-8-3-1-4-9-16)20-12-7-13-21(15-14-20)19(23)17-10-5-2-6-11-17/h1-3,5,16-17H,4,6-15H2. The molecular formula is C19H28N2O2. The molecule has 0 saturated carbocycles. The molecule has 0 bridgehead atoms. The van der Waals surface area contributed by atoms with Crippen molar-refractivity contribution in [3.05, 3.63) is 24.3 Å². The first kappa shape index (κ1) is 16.3. The van der Waals surface area contributed by atoms with Gasteiger partial charge in [0.15, 0.2) is 0 Å². The minimum absolute atomic E-state index is 0.158. The Kier molecular flexibility index (Phi) is 5.52. The first-order chi connectivity index (χ1) is 11.3. The Morgan fingerprint density at radius 3 is 1.57 bits per heavy atom. The predicted octanol–water partition coefficient (Wildman–Crippen LogP) is 2.76. The zero-order chi connectivity index (χ0) is 16.1. The van der Waals surface area contributed by atoms with Gasteiger partial charge >= 0.3 is 0 Å². The fourth-order valence-electron chi connectivity index (χ4n) is 3.91. The summed E-state index contributed by atoms with van der Waals surface area (Å²) in [6, 6.07) is 0. The van der Waals surface area contributed by atoms with Crippen molar-refractivity contribution >= 4 is 11.8 Å². The van der Waals surface area contributed by atoms with E-state index in [-0.39, 0.29) is 11.8 Å². The molecule has 2 aliphatic carbocycles. The molecule has 4 nitrogen and oxygen atoms in total. The van der Waals surface area contributed by atoms with Crippen molar-refractivity contribution in [2.75, 3.05) is 26.2 Å². The Balaban J connectivity index is 1.54. The van der Waals surface area contributed by atoms with E-state index in [1.807, 2.05) is 9.80 Å². The second-order valence-electron chi connectivity index (χ2n) is 6.97. The molecule has 1 fully saturated rings. The molecule has 0 aromatic rings. The highest BCUT2D eigenvalue weighted by Crippen LogP contribution is 2.23. The molecule has 1 aliphatic heterocycles. The van der Waals surface area contributed by atoms with Gasteiger partial charge in [0.05, 0.1) is 0 Å². The Bertz CT molecular complexity index is 454. The summed E-state index contributed by atoms with van der Waals surface area (Å²) < 4.78 is 0. The van der Waals surface area contributed by atoms with Crippen molar-refractivity contribution in [3.63, 3.8) is 0 Å². The highest BCUT2D eigenvalue weighted by molar-refractivity contribution is 5.80. The smallest absolute Gasteiger partial charge is 0.226 e. The van der Waals surface area contributed by atoms with Crippen LogP contribution in [0, 0.1) is 11.8 Å². The molecule has 2 unspecified atom stereocenters. The lowest BCUT2D eigenvalue weighted by molar-refractivity contribution is -0.138. The number of hydrogen-bond donors (Lipinski definition) is 0. The Morgan fingerprint density at radius 2 is 1.17 bits per heavy atom. The van der Waals surface area contributed by atoms with E-state index in [9.17, 15) is 9.59 Å². The van der Waals surface area contributed by atoms with Gasteiger partial charge in [-0.15, -0.1) is 0 Å². The van der Waals surface area contributed by atoms with E-state index >= 15 is 0 Å². The number of allylic oxidation sites excluding steroid dienone is 4. The van der Waals surface area contributed by atoms with E-state index in [1.54, 1.807) is 0 Å². The van der Waals surface area contributed by atoms with Crippen LogP contribution in [0.4, 0.5) is 0 Å². The third-order valence-corrected chi connectivity index (χ3v) is 5.36. The monoisotopic (exact) mass is 316 g/mol. The van der Waals surface area contributed by atoms with Gasteiger partial charge in [-0.1, -0.05) is 24.3 Å². The minimum Gasteiger partial charge on any atom is -0.341 e. The molecule has 0 aromatic heterocycles. The summed E-state index contributed by atoms with van der Waals surface area (Å²) in [5.74, 6) is 0.907. The van der Waals surface area contributed by atoms with Crippen LogP contribution in [0.3, 0.4) is 0 Å². The van der Waals surface area contributed by atoms with Gasteiger partial charge in [-0.3, -0.25) is 9.59 Å². The summed E-state index contributed by atoms with van der Waals surface area (Å²) in [6.45, 7) is 3.00. The predicted molar refractivity (Wildman–Crippen MR) is 90.7 cm³/mol. The summed E-state index contributed by atoms with van der Waals surface area (Å²) in [5, 5.41) is 0. The second-order valence-corrected chi connectivity index (χ2v) is 6.97. The van der Waals surface area contributed by atoms with E-state index in [0.717, 1.165) is 58.0 Å². The molecule has 0 radical (unpaired) electrons. The van der Waals surface area contributed by atoms with Gasteiger partial charge in [-0.25, -0.2) is 0 Å². The van der Waals surface area contributed by atoms with Crippen LogP contribution in [0.15, 0.2) is 24.3 Å². The van der Waals surface area contributed by atoms with Crippen LogP contribution >= 0.6 is 0 Å². The lowest BCUT2D eigenvalue weighted by Gasteiger charge is -2.28. The Hall–Kier alpha value is -1.58. The lowest BCUT2D eigenvalue weighted by Crippen LogP contribution is -2.41. The Morgan fingerprint density at radius 1 is 0.696 bits per heavy atom. The lowest BCUT2D eigenvalue weighted by atomic mass is 9.93. The highest BCUT2D eigenvalue weighted by atomic mass is 16.2. The van der Waals surface area contributed by atoms with Crippen molar-refractivity contribution < 1.29 is 9.59 Å². The maximum atomic E-state index is 12.7. The highest BCUT2D eigenvalue weighted by Gasteiger charge is 2.29. The molecule has 3 rings (SSSR count). The van der Waals surface area contributed by atoms with E-state index in [4.69, 9.17) is 0 Å². The molecule has 0 spiro atoms. The van der Waals surface area contributed by atoms with Gasteiger partial charge < -0.3 is 9.80 Å². The van der Waals surface area contributed by atoms with E-state index in [2.05, 4.69) is 24.3 Å². The van der Waals surface area contributed by atoms with Crippen molar-refractivity contribution in [2.45, 2.75) is 44.9 Å². The zero-order valence-electron chi connectivity index (χ0n) is 14.0. The second kappa shape index (κ2) is 7.80. The van der Waals surface area contributed by atoms with Crippen molar-refractivity contribution in [1.29, 1.82) is 0 Å². The first-order valence-electron chi connectivity index (χ1n) is 9.13. The van der Waals surface area contributed by atoms with E-state index in [1.165, 1.54) is 0 Å². The van der Waals surface area contributed by atoms with Crippen LogP contribution in [0.5, 0.6) is 0 Å². The number of amides is 2. The van der Waals surface area contributed by atoms with Crippen LogP contribution in [-0.4, -0.2) is 47.8 Å². The summed E-state index contributed by atoms with van der Waals surface area (Å²) in [5.41, 5.74) is 0. The fourth-order valence-corrected chi connectivity index (χ4v) is 3.91. The zero-order valence-corrected chi connectivity index (χ0v) is 14.0. The number of hydrogen-bond acceptors (Lipinski definition) is 2. The van der Waals surface area contributed by atoms with Crippen LogP contribution in [0.1, 0.15) is 44.9 Å². The van der Waals surface area contributed by atoms with Gasteiger partial charge in [-0.05, 0) is 44.9 Å². The summed E-state index contributed by atoms with van der Waals surface area (Å²) >= 11 is 0. The molecule has 2 atom stereocenters. The number of rotatable bonds is 2. The molecule has 3 aliphatic rings. The quantitative estimate of drug-likeness (QED) is 0.735. The maximum absolute atomic E-state index is 12.7. The average Bonchev–Trinajstić information content (AvgIpc) is 2.88. The van der Waals surface area contributed by atoms with Gasteiger partial charge in [0.1, 0.15) is 0 Å². The third kappa shape index (κ3) is 4.04. The molecule has 0 aromatic carbocycles. The number of carbonyl (C=O) groups is 2. The average molecular weight is 316 g/mol. The fraction of sp³-hybridized carbons (Fsp3) is 0.684. The summed E-state index contributed by atoms with van der Waals surface area (Å²) in [4.78, 5) is 29.3. The summed E-state index contributed by atoms with van der Waals surface area (Å²) in [6.07, 6.45) is 15.3. The molecular weight excluding hydrogens is 288 g/mol. The van der Waals surface area contributed by atoms with Crippen LogP contribution in [-0.2, 0) is 9.59 Å². The number of carbonyl (C=O) groups excluding carboxylic acids is 2. The van der Waals surface area contributed by atoms with Crippen LogP contribution in [0.25, 0.3) is 0 Å². The van der Waals surface area contributed by atoms with Gasteiger partial charge in [0, 0.05) is 38.0 Å². The molecule has 4 heteroatoms. The molecule has 23 heavy (non-hydrogen) atoms. The van der Waals surface area contributed by atoms with Crippen molar-refractivity contribution in [1.82, 2.24) is 9.80 Å². The third-order valence-electron chi connectivity index (χ3n) is 5.36. The topological polar surface area (TPSA) is 40.6 Å². The molecule has 1 heterocycles. The molecule has 126 valence electrons. The van der Waals surface area contributed by atoms with Crippen molar-refractivity contribution in [2.24, 2.45) is 11.8 Å². The van der Waals surface area contributed by atoms with Gasteiger partial charge in [0.2, 0.25) is 11.8 Å². The summed E-state index contributed by atoms with van der Waals surface area (Å²) in [7, 11) is 0. The van der Waals surface area contributed by atoms with Gasteiger partial charge in [-0.2, -0.15) is 0 Å². The minimum atomic E-state index is 0.158. The van der Waals surface area contributed by atoms with E-state index in [0.29, 0.717) is 24.9 Å². The molecule has 1 saturated heterocycles. The number of nitrogens with zero attached hydrogens (tertiary/aromatic N) is 2. The van der Waals surface area contributed by atoms with Gasteiger partial charge in [0.25, 0.3) is 0 Å². The normalized spacial score (nSPS) is 28.5. The van der Waals surface area contributed by atoms with Crippen LogP contribution in [0.2, 0.25) is 0 Å². The maximum Gasteiger partial charge on any atom is 0.226 e. The largest absolute Gasteiger partial charge is 0.341 e. The Labute approximate surface area is 139 Å². The molecule has 2 amide bonds. The SMILES string of the molecule is O=C(C1CC=CCC1)N1CCCN(C(=O)C2CC=CCC2)CC1. The van der Waals surface area contributed by atoms with Crippen molar-refractivity contribution in [3.8, 4) is 0 Å². The van der Waals surface area contributed by atoms with E-state index < -0.39 is 0 Å². The molecule has 0 N–H and O–H groups in total. The first-order valence-corrected chi connectivity index (χ1v) is 9.13. The van der Waals surface area contributed by atoms with Crippen LogP contribution < -0.4 is 0 Å².